The number of fused-ring (bicyclic) bond motifs is 1. The number of hydrogen-bond donors (Lipinski definition) is 1. The summed E-state index contributed by atoms with van der Waals surface area (Å²) in [6.45, 7) is 5.19. The third-order valence-corrected chi connectivity index (χ3v) is 6.89. The largest absolute Gasteiger partial charge is 0.496 e. The van der Waals surface area contributed by atoms with Crippen molar-refractivity contribution in [2.24, 2.45) is 5.41 Å². The van der Waals surface area contributed by atoms with Gasteiger partial charge in [0.15, 0.2) is 5.78 Å². The summed E-state index contributed by atoms with van der Waals surface area (Å²) < 4.78 is 51.4. The van der Waals surface area contributed by atoms with Crippen LogP contribution in [0.1, 0.15) is 58.7 Å². The highest BCUT2D eigenvalue weighted by molar-refractivity contribution is 6.11. The van der Waals surface area contributed by atoms with E-state index in [9.17, 15) is 28.0 Å². The molecule has 0 saturated heterocycles. The molecule has 0 saturated carbocycles. The standard InChI is InChI=1S/C32H30F3N3O4/c1-18-6-8-19(9-7-18)28-27(29(40)37-4)23-15-21(24(38-30(23)42-28)12-13-32(33,34)35)20-10-11-26(41-5)22(14-20)25(39)16-31(2,3)17-36/h6-11,14-15H,12-13,16H2,1-5H3,(H,37,40). The Morgan fingerprint density at radius 3 is 2.33 bits per heavy atom. The Morgan fingerprint density at radius 1 is 1.07 bits per heavy atom. The van der Waals surface area contributed by atoms with Gasteiger partial charge in [-0.25, -0.2) is 4.98 Å². The van der Waals surface area contributed by atoms with Crippen molar-refractivity contribution in [1.82, 2.24) is 10.3 Å². The molecule has 7 nitrogen and oxygen atoms in total. The molecule has 4 rings (SSSR count). The van der Waals surface area contributed by atoms with Crippen LogP contribution in [-0.2, 0) is 6.42 Å². The highest BCUT2D eigenvalue weighted by atomic mass is 19.4. The summed E-state index contributed by atoms with van der Waals surface area (Å²) in [5.74, 6) is -0.314. The molecule has 1 amide bonds. The molecular weight excluding hydrogens is 547 g/mol. The second-order valence-corrected chi connectivity index (χ2v) is 10.7. The van der Waals surface area contributed by atoms with Crippen molar-refractivity contribution in [3.05, 3.63) is 70.9 Å². The number of halogens is 3. The lowest BCUT2D eigenvalue weighted by Crippen LogP contribution is -2.18. The molecule has 1 N–H and O–H groups in total. The van der Waals surface area contributed by atoms with E-state index in [1.54, 1.807) is 44.2 Å². The molecule has 0 aliphatic heterocycles. The average molecular weight is 578 g/mol. The van der Waals surface area contributed by atoms with Crippen LogP contribution in [0.25, 0.3) is 33.6 Å². The summed E-state index contributed by atoms with van der Waals surface area (Å²) in [6.07, 6.45) is -6.13. The van der Waals surface area contributed by atoms with Gasteiger partial charge >= 0.3 is 6.18 Å². The third kappa shape index (κ3) is 6.46. The van der Waals surface area contributed by atoms with Gasteiger partial charge in [0, 0.05) is 31.0 Å². The zero-order valence-electron chi connectivity index (χ0n) is 23.9. The summed E-state index contributed by atoms with van der Waals surface area (Å²) >= 11 is 0. The number of nitrogens with zero attached hydrogens (tertiary/aromatic N) is 2. The van der Waals surface area contributed by atoms with Crippen molar-refractivity contribution in [2.45, 2.75) is 46.2 Å². The van der Waals surface area contributed by atoms with E-state index < -0.39 is 30.3 Å². The summed E-state index contributed by atoms with van der Waals surface area (Å²) in [4.78, 5) is 30.8. The molecule has 0 spiro atoms. The van der Waals surface area contributed by atoms with E-state index in [-0.39, 0.29) is 46.2 Å². The zero-order valence-corrected chi connectivity index (χ0v) is 23.9. The number of methoxy groups -OCH3 is 1. The van der Waals surface area contributed by atoms with Crippen LogP contribution in [0, 0.1) is 23.7 Å². The second-order valence-electron chi connectivity index (χ2n) is 10.7. The summed E-state index contributed by atoms with van der Waals surface area (Å²) in [7, 11) is 2.87. The second kappa shape index (κ2) is 11.7. The Balaban J connectivity index is 1.97. The van der Waals surface area contributed by atoms with Crippen molar-refractivity contribution in [1.29, 1.82) is 5.26 Å². The number of furan rings is 1. The molecule has 0 unspecified atom stereocenters. The van der Waals surface area contributed by atoms with Gasteiger partial charge in [-0.2, -0.15) is 18.4 Å². The molecule has 0 aliphatic rings. The number of alkyl halides is 3. The normalized spacial score (nSPS) is 11.8. The van der Waals surface area contributed by atoms with E-state index in [1.807, 2.05) is 19.1 Å². The third-order valence-electron chi connectivity index (χ3n) is 6.89. The molecule has 2 aromatic carbocycles. The lowest BCUT2D eigenvalue weighted by molar-refractivity contribution is -0.134. The molecule has 10 heteroatoms. The number of amides is 1. The van der Waals surface area contributed by atoms with Gasteiger partial charge < -0.3 is 14.5 Å². The maximum absolute atomic E-state index is 13.3. The lowest BCUT2D eigenvalue weighted by atomic mass is 9.86. The predicted octanol–water partition coefficient (Wildman–Crippen LogP) is 7.46. The first kappa shape index (κ1) is 30.3. The summed E-state index contributed by atoms with van der Waals surface area (Å²) in [5.41, 5.74) is 1.85. The van der Waals surface area contributed by atoms with Gasteiger partial charge in [-0.05, 0) is 51.0 Å². The first-order chi connectivity index (χ1) is 19.8. The van der Waals surface area contributed by atoms with Crippen LogP contribution in [0.15, 0.2) is 52.9 Å². The van der Waals surface area contributed by atoms with Crippen molar-refractivity contribution in [3.8, 4) is 34.3 Å². The Kier molecular flexibility index (Phi) is 8.43. The minimum Gasteiger partial charge on any atom is -0.496 e. The molecule has 218 valence electrons. The molecule has 4 aromatic rings. The molecule has 0 radical (unpaired) electrons. The topological polar surface area (TPSA) is 105 Å². The monoisotopic (exact) mass is 577 g/mol. The number of ether oxygens (including phenoxy) is 1. The van der Waals surface area contributed by atoms with E-state index in [0.717, 1.165) is 5.56 Å². The molecule has 42 heavy (non-hydrogen) atoms. The van der Waals surface area contributed by atoms with Gasteiger partial charge in [0.1, 0.15) is 11.5 Å². The van der Waals surface area contributed by atoms with Crippen LogP contribution in [-0.4, -0.2) is 37.0 Å². The van der Waals surface area contributed by atoms with E-state index in [0.29, 0.717) is 22.1 Å². The number of rotatable bonds is 9. The van der Waals surface area contributed by atoms with Gasteiger partial charge in [-0.1, -0.05) is 35.9 Å². The van der Waals surface area contributed by atoms with E-state index >= 15 is 0 Å². The molecule has 0 bridgehead atoms. The fraction of sp³-hybridized carbons (Fsp3) is 0.312. The minimum atomic E-state index is -4.44. The smallest absolute Gasteiger partial charge is 0.389 e. The van der Waals surface area contributed by atoms with E-state index in [2.05, 4.69) is 16.4 Å². The highest BCUT2D eigenvalue weighted by Gasteiger charge is 2.30. The van der Waals surface area contributed by atoms with Gasteiger partial charge in [0.05, 0.1) is 40.8 Å². The fourth-order valence-electron chi connectivity index (χ4n) is 4.65. The number of nitrogens with one attached hydrogen (secondary N) is 1. The number of aryl methyl sites for hydroxylation is 2. The van der Waals surface area contributed by atoms with Crippen molar-refractivity contribution in [2.75, 3.05) is 14.2 Å². The summed E-state index contributed by atoms with van der Waals surface area (Å²) in [5, 5.41) is 12.3. The van der Waals surface area contributed by atoms with Crippen LogP contribution >= 0.6 is 0 Å². The Labute approximate surface area is 241 Å². The molecule has 0 atom stereocenters. The van der Waals surface area contributed by atoms with Gasteiger partial charge in [0.2, 0.25) is 5.71 Å². The highest BCUT2D eigenvalue weighted by Crippen LogP contribution is 2.39. The maximum Gasteiger partial charge on any atom is 0.389 e. The van der Waals surface area contributed by atoms with Crippen LogP contribution < -0.4 is 10.1 Å². The number of pyridine rings is 1. The Morgan fingerprint density at radius 2 is 1.74 bits per heavy atom. The molecule has 2 heterocycles. The van der Waals surface area contributed by atoms with E-state index in [1.165, 1.54) is 20.2 Å². The predicted molar refractivity (Wildman–Crippen MR) is 152 cm³/mol. The number of benzene rings is 2. The minimum absolute atomic E-state index is 0.0191. The van der Waals surface area contributed by atoms with Crippen molar-refractivity contribution < 1.29 is 31.9 Å². The first-order valence-electron chi connectivity index (χ1n) is 13.2. The zero-order chi connectivity index (χ0) is 30.8. The number of ketones is 1. The van der Waals surface area contributed by atoms with Gasteiger partial charge in [0.25, 0.3) is 5.91 Å². The number of nitriles is 1. The van der Waals surface area contributed by atoms with Crippen molar-refractivity contribution >= 4 is 22.8 Å². The van der Waals surface area contributed by atoms with Crippen LogP contribution in [0.4, 0.5) is 13.2 Å². The number of carbonyl (C=O) groups excluding carboxylic acids is 2. The quantitative estimate of drug-likeness (QED) is 0.207. The lowest BCUT2D eigenvalue weighted by Gasteiger charge is -2.17. The first-order valence-corrected chi connectivity index (χ1v) is 13.2. The molecule has 0 fully saturated rings. The van der Waals surface area contributed by atoms with Crippen LogP contribution in [0.5, 0.6) is 5.75 Å². The molecule has 0 aliphatic carbocycles. The number of hydrogen-bond acceptors (Lipinski definition) is 6. The van der Waals surface area contributed by atoms with Crippen LogP contribution in [0.3, 0.4) is 0 Å². The van der Waals surface area contributed by atoms with E-state index in [4.69, 9.17) is 9.15 Å². The molecular formula is C32H30F3N3O4. The summed E-state index contributed by atoms with van der Waals surface area (Å²) in [6, 6.07) is 15.6. The van der Waals surface area contributed by atoms with Crippen LogP contribution in [0.2, 0.25) is 0 Å². The van der Waals surface area contributed by atoms with Crippen molar-refractivity contribution in [3.63, 3.8) is 0 Å². The Hall–Kier alpha value is -4.65. The Bertz CT molecular complexity index is 1700. The maximum atomic E-state index is 13.3. The fourth-order valence-corrected chi connectivity index (χ4v) is 4.65. The van der Waals surface area contributed by atoms with Gasteiger partial charge in [-0.15, -0.1) is 0 Å². The number of aromatic nitrogens is 1. The average Bonchev–Trinajstić information content (AvgIpc) is 3.32. The number of carbonyl (C=O) groups is 2. The number of Topliss-reactive ketones (excluding diaryl/α,β-unsaturated/α-hetero) is 1. The molecule has 2 aromatic heterocycles. The van der Waals surface area contributed by atoms with Gasteiger partial charge in [-0.3, -0.25) is 9.59 Å². The SMILES string of the molecule is CNC(=O)c1c(-c2ccc(C)cc2)oc2nc(CCC(F)(F)F)c(-c3ccc(OC)c(C(=O)CC(C)(C)C#N)c3)cc12.